The van der Waals surface area contributed by atoms with Crippen LogP contribution in [0.2, 0.25) is 0 Å². The van der Waals surface area contributed by atoms with E-state index < -0.39 is 0 Å². The number of rotatable bonds is 5. The van der Waals surface area contributed by atoms with E-state index >= 15 is 0 Å². The molecule has 5 aromatic rings. The molecular formula is C20H15N5OS2. The topological polar surface area (TPSA) is 69.6 Å². The Labute approximate surface area is 169 Å². The summed E-state index contributed by atoms with van der Waals surface area (Å²) >= 11 is 3.16. The number of hydrogen-bond acceptors (Lipinski definition) is 7. The minimum Gasteiger partial charge on any atom is -0.461 e. The second-order valence-corrected chi connectivity index (χ2v) is 8.40. The van der Waals surface area contributed by atoms with Crippen molar-refractivity contribution in [1.82, 2.24) is 24.7 Å². The van der Waals surface area contributed by atoms with Gasteiger partial charge in [0.25, 0.3) is 0 Å². The summed E-state index contributed by atoms with van der Waals surface area (Å²) in [7, 11) is 0. The Kier molecular flexibility index (Phi) is 4.42. The van der Waals surface area contributed by atoms with Gasteiger partial charge in [0, 0.05) is 10.3 Å². The zero-order valence-corrected chi connectivity index (χ0v) is 16.6. The Balaban J connectivity index is 1.59. The molecule has 0 fully saturated rings. The summed E-state index contributed by atoms with van der Waals surface area (Å²) in [6.45, 7) is 2.72. The second kappa shape index (κ2) is 7.21. The third kappa shape index (κ3) is 3.21. The smallest absolute Gasteiger partial charge is 0.200 e. The van der Waals surface area contributed by atoms with Gasteiger partial charge in [-0.05, 0) is 42.4 Å². The average Bonchev–Trinajstić information content (AvgIpc) is 3.43. The van der Waals surface area contributed by atoms with Gasteiger partial charge in [-0.15, -0.1) is 21.5 Å². The van der Waals surface area contributed by atoms with Crippen LogP contribution in [0, 0.1) is 6.92 Å². The highest BCUT2D eigenvalue weighted by Gasteiger charge is 2.19. The van der Waals surface area contributed by atoms with E-state index in [9.17, 15) is 0 Å². The van der Waals surface area contributed by atoms with Gasteiger partial charge in [-0.2, -0.15) is 0 Å². The summed E-state index contributed by atoms with van der Waals surface area (Å²) in [6.07, 6.45) is 3.25. The lowest BCUT2D eigenvalue weighted by Crippen LogP contribution is -2.04. The van der Waals surface area contributed by atoms with Gasteiger partial charge in [0.2, 0.25) is 5.82 Å². The molecule has 6 nitrogen and oxygen atoms in total. The third-order valence-corrected chi connectivity index (χ3v) is 6.21. The first-order chi connectivity index (χ1) is 13.8. The molecule has 0 N–H and O–H groups in total. The predicted octanol–water partition coefficient (Wildman–Crippen LogP) is 5.05. The number of nitrogens with zero attached hydrogens (tertiary/aromatic N) is 5. The van der Waals surface area contributed by atoms with E-state index in [4.69, 9.17) is 4.42 Å². The molecule has 0 saturated carbocycles. The summed E-state index contributed by atoms with van der Waals surface area (Å²) in [5.74, 6) is 1.39. The highest BCUT2D eigenvalue weighted by molar-refractivity contribution is 7.99. The normalized spacial score (nSPS) is 11.3. The molecule has 4 heterocycles. The lowest BCUT2D eigenvalue weighted by molar-refractivity contribution is 0.569. The number of aromatic nitrogens is 5. The van der Waals surface area contributed by atoms with Crippen molar-refractivity contribution >= 4 is 33.3 Å². The summed E-state index contributed by atoms with van der Waals surface area (Å²) in [5, 5.41) is 11.5. The fraction of sp³-hybridized carbons (Fsp3) is 0.100. The van der Waals surface area contributed by atoms with Gasteiger partial charge in [-0.25, -0.2) is 9.97 Å². The molecule has 8 heteroatoms. The number of furan rings is 1. The number of benzene rings is 1. The van der Waals surface area contributed by atoms with Crippen LogP contribution in [-0.4, -0.2) is 24.7 Å². The van der Waals surface area contributed by atoms with Gasteiger partial charge in [0.05, 0.1) is 12.8 Å². The molecule has 1 aromatic carbocycles. The first-order valence-corrected chi connectivity index (χ1v) is 10.3. The number of thiophene rings is 1. The van der Waals surface area contributed by atoms with Crippen LogP contribution in [0.1, 0.15) is 10.4 Å². The maximum atomic E-state index is 5.58. The molecule has 4 aromatic heterocycles. The zero-order chi connectivity index (χ0) is 18.9. The van der Waals surface area contributed by atoms with Crippen molar-refractivity contribution in [3.05, 3.63) is 71.6 Å². The third-order valence-electron chi connectivity index (χ3n) is 4.25. The van der Waals surface area contributed by atoms with Crippen LogP contribution in [0.3, 0.4) is 0 Å². The molecule has 0 bridgehead atoms. The maximum Gasteiger partial charge on any atom is 0.200 e. The first-order valence-electron chi connectivity index (χ1n) is 8.68. The Morgan fingerprint density at radius 1 is 1.07 bits per heavy atom. The Morgan fingerprint density at radius 2 is 1.96 bits per heavy atom. The standard InChI is InChI=1S/C20H15N5OS2/c1-13-10-15-18(27-13)21-12-22-19(15)28-20-24-23-17(16-8-5-9-26-16)25(20)11-14-6-3-2-4-7-14/h2-10,12H,11H2,1H3. The summed E-state index contributed by atoms with van der Waals surface area (Å²) in [5.41, 5.74) is 1.16. The van der Waals surface area contributed by atoms with Crippen LogP contribution in [0.25, 0.3) is 21.8 Å². The van der Waals surface area contributed by atoms with Crippen LogP contribution >= 0.6 is 23.1 Å². The van der Waals surface area contributed by atoms with E-state index in [-0.39, 0.29) is 0 Å². The van der Waals surface area contributed by atoms with E-state index in [1.165, 1.54) is 16.6 Å². The first kappa shape index (κ1) is 17.2. The molecule has 5 rings (SSSR count). The van der Waals surface area contributed by atoms with Gasteiger partial charge in [0.1, 0.15) is 16.2 Å². The molecule has 0 atom stereocenters. The van der Waals surface area contributed by atoms with Gasteiger partial charge >= 0.3 is 0 Å². The fourth-order valence-corrected chi connectivity index (χ4v) is 4.78. The van der Waals surface area contributed by atoms with Crippen molar-refractivity contribution in [2.24, 2.45) is 0 Å². The maximum absolute atomic E-state index is 5.58. The molecule has 0 aliphatic carbocycles. The van der Waals surface area contributed by atoms with Gasteiger partial charge in [-0.3, -0.25) is 4.57 Å². The highest BCUT2D eigenvalue weighted by atomic mass is 32.2. The van der Waals surface area contributed by atoms with Crippen LogP contribution in [0.4, 0.5) is 0 Å². The molecule has 0 amide bonds. The fourth-order valence-electron chi connectivity index (χ4n) is 2.98. The van der Waals surface area contributed by atoms with Crippen molar-refractivity contribution < 1.29 is 4.42 Å². The van der Waals surface area contributed by atoms with Crippen molar-refractivity contribution in [2.45, 2.75) is 23.7 Å². The van der Waals surface area contributed by atoms with Crippen LogP contribution < -0.4 is 0 Å². The van der Waals surface area contributed by atoms with Gasteiger partial charge in [0.15, 0.2) is 10.9 Å². The quantitative estimate of drug-likeness (QED) is 0.381. The van der Waals surface area contributed by atoms with E-state index in [2.05, 4.69) is 49.9 Å². The van der Waals surface area contributed by atoms with E-state index in [1.54, 1.807) is 23.9 Å². The van der Waals surface area contributed by atoms with Crippen molar-refractivity contribution in [2.75, 3.05) is 0 Å². The van der Waals surface area contributed by atoms with E-state index in [0.29, 0.717) is 18.1 Å². The predicted molar refractivity (Wildman–Crippen MR) is 110 cm³/mol. The largest absolute Gasteiger partial charge is 0.461 e. The Bertz CT molecular complexity index is 1230. The molecule has 0 spiro atoms. The van der Waals surface area contributed by atoms with Crippen LogP contribution in [0.15, 0.2) is 75.7 Å². The van der Waals surface area contributed by atoms with Crippen LogP contribution in [-0.2, 0) is 6.54 Å². The highest BCUT2D eigenvalue weighted by Crippen LogP contribution is 2.35. The zero-order valence-electron chi connectivity index (χ0n) is 14.9. The molecule has 138 valence electrons. The SMILES string of the molecule is Cc1cc2c(Sc3nnc(-c4ccco4)n3Cc3ccccc3)ncnc2s1. The van der Waals surface area contributed by atoms with E-state index in [0.717, 1.165) is 26.0 Å². The monoisotopic (exact) mass is 405 g/mol. The summed E-state index contributed by atoms with van der Waals surface area (Å²) in [4.78, 5) is 11.1. The summed E-state index contributed by atoms with van der Waals surface area (Å²) in [6, 6.07) is 16.1. The van der Waals surface area contributed by atoms with Gasteiger partial charge < -0.3 is 4.42 Å². The molecule has 0 aliphatic rings. The molecule has 0 aliphatic heterocycles. The minimum absolute atomic E-state index is 0.642. The molecule has 0 radical (unpaired) electrons. The summed E-state index contributed by atoms with van der Waals surface area (Å²) < 4.78 is 7.64. The molecular weight excluding hydrogens is 390 g/mol. The number of aryl methyl sites for hydroxylation is 1. The number of hydrogen-bond donors (Lipinski definition) is 0. The Morgan fingerprint density at radius 3 is 2.79 bits per heavy atom. The number of fused-ring (bicyclic) bond motifs is 1. The van der Waals surface area contributed by atoms with Crippen molar-refractivity contribution in [1.29, 1.82) is 0 Å². The Hall–Kier alpha value is -2.97. The average molecular weight is 406 g/mol. The van der Waals surface area contributed by atoms with Crippen molar-refractivity contribution in [3.63, 3.8) is 0 Å². The molecule has 28 heavy (non-hydrogen) atoms. The van der Waals surface area contributed by atoms with E-state index in [1.807, 2.05) is 30.3 Å². The van der Waals surface area contributed by atoms with Gasteiger partial charge in [-0.1, -0.05) is 30.3 Å². The lowest BCUT2D eigenvalue weighted by Gasteiger charge is -2.09. The molecule has 0 saturated heterocycles. The van der Waals surface area contributed by atoms with Crippen LogP contribution in [0.5, 0.6) is 0 Å². The lowest BCUT2D eigenvalue weighted by atomic mass is 10.2. The minimum atomic E-state index is 0.642. The molecule has 0 unspecified atom stereocenters. The second-order valence-electron chi connectivity index (χ2n) is 6.21. The van der Waals surface area contributed by atoms with Crippen molar-refractivity contribution in [3.8, 4) is 11.6 Å².